The molecule has 186 valence electrons. The molecule has 1 saturated heterocycles. The molecule has 4 aromatic rings. The van der Waals surface area contributed by atoms with Crippen molar-refractivity contribution in [1.82, 2.24) is 19.9 Å². The van der Waals surface area contributed by atoms with E-state index in [1.165, 1.54) is 18.1 Å². The topological polar surface area (TPSA) is 171 Å². The minimum atomic E-state index is -1.77. The zero-order chi connectivity index (χ0) is 25.4. The Balaban J connectivity index is 1.32. The molecule has 1 aliphatic heterocycles. The standard InChI is InChI=1S/C23H23N7O6/c1-12-11-29(17-6-8-30(27-17)14-5-7-25-18(10-14)34-2)23(33)20(35-12)19(31)22(32)26-13-3-4-15-16(9-13)36-28-21(15)24/h3-10,12,19-20,31H,11H2,1-2H3,(H2,24,28)(H,26,32). The van der Waals surface area contributed by atoms with E-state index in [1.54, 1.807) is 54.3 Å². The number of nitrogens with one attached hydrogen (secondary N) is 1. The predicted molar refractivity (Wildman–Crippen MR) is 128 cm³/mol. The molecule has 3 atom stereocenters. The van der Waals surface area contributed by atoms with Crippen LogP contribution in [0.4, 0.5) is 17.3 Å². The first-order valence-corrected chi connectivity index (χ1v) is 11.0. The Morgan fingerprint density at radius 3 is 2.94 bits per heavy atom. The molecule has 0 aliphatic carbocycles. The lowest BCUT2D eigenvalue weighted by Crippen LogP contribution is -2.58. The molecule has 4 heterocycles. The monoisotopic (exact) mass is 493 g/mol. The Kier molecular flexibility index (Phi) is 6.00. The molecule has 3 unspecified atom stereocenters. The first-order chi connectivity index (χ1) is 17.3. The molecule has 36 heavy (non-hydrogen) atoms. The van der Waals surface area contributed by atoms with Gasteiger partial charge < -0.3 is 30.2 Å². The van der Waals surface area contributed by atoms with Crippen LogP contribution in [0.5, 0.6) is 5.88 Å². The highest BCUT2D eigenvalue weighted by molar-refractivity contribution is 6.04. The summed E-state index contributed by atoms with van der Waals surface area (Å²) in [4.78, 5) is 31.5. The second kappa shape index (κ2) is 9.28. The third kappa shape index (κ3) is 4.32. The number of pyridine rings is 1. The van der Waals surface area contributed by atoms with E-state index in [2.05, 4.69) is 20.6 Å². The number of morpholine rings is 1. The third-order valence-electron chi connectivity index (χ3n) is 5.69. The third-order valence-corrected chi connectivity index (χ3v) is 5.69. The first kappa shape index (κ1) is 23.3. The van der Waals surface area contributed by atoms with Crippen LogP contribution >= 0.6 is 0 Å². The van der Waals surface area contributed by atoms with Gasteiger partial charge in [0.25, 0.3) is 11.8 Å². The molecule has 1 aliphatic rings. The highest BCUT2D eigenvalue weighted by atomic mass is 16.5. The lowest BCUT2D eigenvalue weighted by Gasteiger charge is -2.36. The van der Waals surface area contributed by atoms with Gasteiger partial charge in [0.1, 0.15) is 0 Å². The molecule has 3 aromatic heterocycles. The number of hydrogen-bond donors (Lipinski definition) is 3. The van der Waals surface area contributed by atoms with E-state index in [9.17, 15) is 14.7 Å². The Morgan fingerprint density at radius 1 is 1.31 bits per heavy atom. The van der Waals surface area contributed by atoms with Gasteiger partial charge in [0.05, 0.1) is 30.8 Å². The second-order valence-electron chi connectivity index (χ2n) is 8.20. The van der Waals surface area contributed by atoms with Crippen LogP contribution in [-0.4, -0.2) is 68.8 Å². The van der Waals surface area contributed by atoms with Crippen molar-refractivity contribution >= 4 is 40.1 Å². The number of rotatable bonds is 6. The normalized spacial score (nSPS) is 18.9. The lowest BCUT2D eigenvalue weighted by molar-refractivity contribution is -0.156. The predicted octanol–water partition coefficient (Wildman–Crippen LogP) is 1.12. The molecular weight excluding hydrogens is 470 g/mol. The van der Waals surface area contributed by atoms with Gasteiger partial charge in [-0.15, -0.1) is 5.10 Å². The summed E-state index contributed by atoms with van der Waals surface area (Å²) >= 11 is 0. The summed E-state index contributed by atoms with van der Waals surface area (Å²) < 4.78 is 17.5. The van der Waals surface area contributed by atoms with Crippen molar-refractivity contribution in [2.45, 2.75) is 25.2 Å². The van der Waals surface area contributed by atoms with Crippen LogP contribution in [0.15, 0.2) is 53.3 Å². The van der Waals surface area contributed by atoms with Crippen LogP contribution < -0.4 is 20.7 Å². The average molecular weight is 493 g/mol. The quantitative estimate of drug-likeness (QED) is 0.353. The van der Waals surface area contributed by atoms with E-state index in [4.69, 9.17) is 19.7 Å². The van der Waals surface area contributed by atoms with Gasteiger partial charge >= 0.3 is 0 Å². The molecule has 1 aromatic carbocycles. The largest absolute Gasteiger partial charge is 0.481 e. The Hall–Kier alpha value is -4.49. The van der Waals surface area contributed by atoms with E-state index < -0.39 is 30.1 Å². The number of carbonyl (C=O) groups excluding carboxylic acids is 2. The van der Waals surface area contributed by atoms with Gasteiger partial charge in [0.2, 0.25) is 5.88 Å². The van der Waals surface area contributed by atoms with Crippen molar-refractivity contribution in [3.63, 3.8) is 0 Å². The summed E-state index contributed by atoms with van der Waals surface area (Å²) in [5.74, 6) is -0.420. The molecule has 4 N–H and O–H groups in total. The maximum atomic E-state index is 13.2. The highest BCUT2D eigenvalue weighted by Gasteiger charge is 2.42. The SMILES string of the molecule is COc1cc(-n2ccc(N3CC(C)OC(C(O)C(=O)Nc4ccc5c(N)noc5c4)C3=O)n2)ccn1. The highest BCUT2D eigenvalue weighted by Crippen LogP contribution is 2.26. The number of amides is 2. The fourth-order valence-electron chi connectivity index (χ4n) is 3.91. The molecule has 0 bridgehead atoms. The van der Waals surface area contributed by atoms with Crippen molar-refractivity contribution in [3.05, 3.63) is 48.8 Å². The molecular formula is C23H23N7O6. The Bertz CT molecular complexity index is 1430. The summed E-state index contributed by atoms with van der Waals surface area (Å²) in [6, 6.07) is 9.82. The molecule has 0 radical (unpaired) electrons. The zero-order valence-electron chi connectivity index (χ0n) is 19.4. The number of nitrogens with zero attached hydrogens (tertiary/aromatic N) is 5. The number of nitrogen functional groups attached to an aromatic ring is 1. The van der Waals surface area contributed by atoms with Crippen LogP contribution in [0.25, 0.3) is 16.7 Å². The van der Waals surface area contributed by atoms with Crippen LogP contribution in [0, 0.1) is 0 Å². The lowest BCUT2D eigenvalue weighted by atomic mass is 10.1. The summed E-state index contributed by atoms with van der Waals surface area (Å²) in [7, 11) is 1.51. The van der Waals surface area contributed by atoms with E-state index >= 15 is 0 Å². The zero-order valence-corrected chi connectivity index (χ0v) is 19.4. The Labute approximate surface area is 204 Å². The van der Waals surface area contributed by atoms with Gasteiger partial charge in [-0.3, -0.25) is 14.5 Å². The summed E-state index contributed by atoms with van der Waals surface area (Å²) in [6.07, 6.45) is -0.399. The van der Waals surface area contributed by atoms with Crippen molar-refractivity contribution in [2.75, 3.05) is 29.6 Å². The summed E-state index contributed by atoms with van der Waals surface area (Å²) in [5.41, 5.74) is 7.09. The Morgan fingerprint density at radius 2 is 2.14 bits per heavy atom. The fourth-order valence-corrected chi connectivity index (χ4v) is 3.91. The maximum absolute atomic E-state index is 13.2. The van der Waals surface area contributed by atoms with Crippen molar-refractivity contribution in [3.8, 4) is 11.6 Å². The molecule has 5 rings (SSSR count). The van der Waals surface area contributed by atoms with Crippen LogP contribution in [0.1, 0.15) is 6.92 Å². The van der Waals surface area contributed by atoms with E-state index in [0.717, 1.165) is 0 Å². The van der Waals surface area contributed by atoms with Gasteiger partial charge in [-0.2, -0.15) is 0 Å². The number of aliphatic hydroxyl groups is 1. The smallest absolute Gasteiger partial charge is 0.260 e. The first-order valence-electron chi connectivity index (χ1n) is 11.0. The van der Waals surface area contributed by atoms with Crippen LogP contribution in [0.3, 0.4) is 0 Å². The molecule has 13 nitrogen and oxygen atoms in total. The maximum Gasteiger partial charge on any atom is 0.260 e. The number of ether oxygens (including phenoxy) is 2. The van der Waals surface area contributed by atoms with Gasteiger partial charge in [-0.05, 0) is 25.1 Å². The van der Waals surface area contributed by atoms with Crippen molar-refractivity contribution in [1.29, 1.82) is 0 Å². The average Bonchev–Trinajstić information content (AvgIpc) is 3.52. The fraction of sp³-hybridized carbons (Fsp3) is 0.261. The molecule has 0 saturated carbocycles. The molecule has 1 fully saturated rings. The van der Waals surface area contributed by atoms with Crippen molar-refractivity contribution < 1.29 is 28.7 Å². The molecule has 13 heteroatoms. The van der Waals surface area contributed by atoms with Gasteiger partial charge in [0, 0.05) is 36.3 Å². The number of nitrogens with two attached hydrogens (primary N) is 1. The summed E-state index contributed by atoms with van der Waals surface area (Å²) in [6.45, 7) is 1.94. The number of aromatic nitrogens is 4. The van der Waals surface area contributed by atoms with Gasteiger partial charge in [0.15, 0.2) is 29.4 Å². The number of carbonyl (C=O) groups is 2. The van der Waals surface area contributed by atoms with Gasteiger partial charge in [-0.1, -0.05) is 5.16 Å². The number of aliphatic hydroxyl groups excluding tert-OH is 1. The second-order valence-corrected chi connectivity index (χ2v) is 8.20. The van der Waals surface area contributed by atoms with Crippen molar-refractivity contribution in [2.24, 2.45) is 0 Å². The number of methoxy groups -OCH3 is 1. The van der Waals surface area contributed by atoms with Gasteiger partial charge in [-0.25, -0.2) is 9.67 Å². The van der Waals surface area contributed by atoms with Crippen LogP contribution in [0.2, 0.25) is 0 Å². The summed E-state index contributed by atoms with van der Waals surface area (Å²) in [5, 5.41) is 22.0. The van der Waals surface area contributed by atoms with E-state index in [1.807, 2.05) is 0 Å². The number of hydrogen-bond acceptors (Lipinski definition) is 10. The minimum absolute atomic E-state index is 0.198. The van der Waals surface area contributed by atoms with E-state index in [0.29, 0.717) is 34.0 Å². The molecule has 2 amide bonds. The van der Waals surface area contributed by atoms with Crippen LogP contribution in [-0.2, 0) is 14.3 Å². The van der Waals surface area contributed by atoms with E-state index in [-0.39, 0.29) is 12.4 Å². The molecule has 0 spiro atoms. The number of fused-ring (bicyclic) bond motifs is 1. The minimum Gasteiger partial charge on any atom is -0.481 e. The number of anilines is 3. The number of benzene rings is 1.